The number of esters is 1. The lowest BCUT2D eigenvalue weighted by Gasteiger charge is -2.12. The predicted octanol–water partition coefficient (Wildman–Crippen LogP) is 3.46. The van der Waals surface area contributed by atoms with Crippen LogP contribution < -0.4 is 4.72 Å². The number of benzene rings is 2. The second-order valence-electron chi connectivity index (χ2n) is 5.96. The summed E-state index contributed by atoms with van der Waals surface area (Å²) in [5.41, 5.74) is 0.533. The summed E-state index contributed by atoms with van der Waals surface area (Å²) in [5, 5.41) is 0.501. The number of ketones is 1. The zero-order chi connectivity index (χ0) is 20.0. The summed E-state index contributed by atoms with van der Waals surface area (Å²) in [6.45, 7) is 3.22. The number of hydrogen-bond donors (Lipinski definition) is 1. The van der Waals surface area contributed by atoms with E-state index >= 15 is 0 Å². The lowest BCUT2D eigenvalue weighted by Crippen LogP contribution is -2.32. The van der Waals surface area contributed by atoms with Crippen LogP contribution in [0.4, 0.5) is 0 Å². The van der Waals surface area contributed by atoms with Gasteiger partial charge in [-0.2, -0.15) is 0 Å². The van der Waals surface area contributed by atoms with E-state index in [1.807, 2.05) is 6.92 Å². The summed E-state index contributed by atoms with van der Waals surface area (Å²) in [7, 11) is -3.65. The Morgan fingerprint density at radius 3 is 2.15 bits per heavy atom. The number of hydrogen-bond acceptors (Lipinski definition) is 5. The van der Waals surface area contributed by atoms with Crippen molar-refractivity contribution in [2.45, 2.75) is 31.2 Å². The molecule has 2 rings (SSSR count). The minimum Gasteiger partial charge on any atom is -0.454 e. The third kappa shape index (κ3) is 5.89. The van der Waals surface area contributed by atoms with Gasteiger partial charge in [0.05, 0.1) is 10.5 Å². The van der Waals surface area contributed by atoms with E-state index in [1.165, 1.54) is 24.3 Å². The van der Waals surface area contributed by atoms with Crippen molar-refractivity contribution in [2.24, 2.45) is 0 Å². The number of Topliss-reactive ketones (excluding diaryl/α,β-unsaturated/α-hetero) is 1. The first-order valence-electron chi connectivity index (χ1n) is 8.31. The van der Waals surface area contributed by atoms with E-state index in [-0.39, 0.29) is 22.3 Å². The number of carbonyl (C=O) groups excluding carboxylic acids is 2. The Bertz CT molecular complexity index is 908. The molecule has 0 heterocycles. The molecule has 0 bridgehead atoms. The molecule has 6 nitrogen and oxygen atoms in total. The van der Waals surface area contributed by atoms with E-state index in [9.17, 15) is 18.0 Å². The second-order valence-corrected chi connectivity index (χ2v) is 8.11. The summed E-state index contributed by atoms with van der Waals surface area (Å²) in [5.74, 6) is -1.08. The average Bonchev–Trinajstić information content (AvgIpc) is 2.66. The first kappa shape index (κ1) is 21.1. The van der Waals surface area contributed by atoms with Crippen LogP contribution in [-0.4, -0.2) is 32.8 Å². The molecule has 0 radical (unpaired) electrons. The normalized spacial score (nSPS) is 12.4. The molecule has 0 aliphatic rings. The SMILES string of the molecule is CC[C@H](C)NS(=O)(=O)c1ccc(C(=O)OCC(=O)c2ccc(Cl)cc2)cc1. The van der Waals surface area contributed by atoms with Gasteiger partial charge in [0, 0.05) is 16.6 Å². The third-order valence-electron chi connectivity index (χ3n) is 3.87. The van der Waals surface area contributed by atoms with Crippen LogP contribution in [0.2, 0.25) is 5.02 Å². The molecular weight excluding hydrogens is 390 g/mol. The molecular formula is C19H20ClNO5S. The van der Waals surface area contributed by atoms with Gasteiger partial charge in [-0.1, -0.05) is 18.5 Å². The second kappa shape index (κ2) is 9.12. The molecule has 0 unspecified atom stereocenters. The fraction of sp³-hybridized carbons (Fsp3) is 0.263. The minimum absolute atomic E-state index is 0.0524. The highest BCUT2D eigenvalue weighted by Gasteiger charge is 2.18. The van der Waals surface area contributed by atoms with Crippen molar-refractivity contribution in [1.82, 2.24) is 4.72 Å². The smallest absolute Gasteiger partial charge is 0.338 e. The number of carbonyl (C=O) groups is 2. The van der Waals surface area contributed by atoms with Crippen LogP contribution in [0.25, 0.3) is 0 Å². The number of ether oxygens (including phenoxy) is 1. The Morgan fingerprint density at radius 2 is 1.59 bits per heavy atom. The molecule has 0 saturated heterocycles. The molecule has 0 amide bonds. The first-order chi connectivity index (χ1) is 12.7. The van der Waals surface area contributed by atoms with Crippen LogP contribution in [0, 0.1) is 0 Å². The number of nitrogens with one attached hydrogen (secondary N) is 1. The Balaban J connectivity index is 1.99. The van der Waals surface area contributed by atoms with Gasteiger partial charge in [-0.3, -0.25) is 4.79 Å². The Morgan fingerprint density at radius 1 is 1.04 bits per heavy atom. The van der Waals surface area contributed by atoms with Crippen LogP contribution in [0.15, 0.2) is 53.4 Å². The van der Waals surface area contributed by atoms with Crippen LogP contribution in [0.3, 0.4) is 0 Å². The van der Waals surface area contributed by atoms with Gasteiger partial charge in [-0.25, -0.2) is 17.9 Å². The molecule has 2 aromatic carbocycles. The highest BCUT2D eigenvalue weighted by atomic mass is 35.5. The zero-order valence-electron chi connectivity index (χ0n) is 14.9. The highest BCUT2D eigenvalue weighted by Crippen LogP contribution is 2.13. The quantitative estimate of drug-likeness (QED) is 0.532. The van der Waals surface area contributed by atoms with Gasteiger partial charge in [0.25, 0.3) is 0 Å². The maximum Gasteiger partial charge on any atom is 0.338 e. The molecule has 0 fully saturated rings. The molecule has 0 aliphatic heterocycles. The fourth-order valence-electron chi connectivity index (χ4n) is 2.12. The maximum atomic E-state index is 12.2. The number of sulfonamides is 1. The van der Waals surface area contributed by atoms with Crippen molar-refractivity contribution in [1.29, 1.82) is 0 Å². The van der Waals surface area contributed by atoms with Gasteiger partial charge in [-0.15, -0.1) is 0 Å². The zero-order valence-corrected chi connectivity index (χ0v) is 16.5. The first-order valence-corrected chi connectivity index (χ1v) is 10.2. The molecule has 0 aromatic heterocycles. The highest BCUT2D eigenvalue weighted by molar-refractivity contribution is 7.89. The Labute approximate surface area is 163 Å². The minimum atomic E-state index is -3.65. The van der Waals surface area contributed by atoms with Crippen molar-refractivity contribution in [2.75, 3.05) is 6.61 Å². The number of rotatable bonds is 8. The van der Waals surface area contributed by atoms with Crippen molar-refractivity contribution in [3.63, 3.8) is 0 Å². The maximum absolute atomic E-state index is 12.2. The molecule has 0 aliphatic carbocycles. The molecule has 2 aromatic rings. The van der Waals surface area contributed by atoms with Crippen molar-refractivity contribution in [3.05, 3.63) is 64.7 Å². The predicted molar refractivity (Wildman–Crippen MR) is 103 cm³/mol. The Kier molecular flexibility index (Phi) is 7.12. The molecule has 1 atom stereocenters. The standard InChI is InChI=1S/C19H20ClNO5S/c1-3-13(2)21-27(24,25)17-10-6-15(7-11-17)19(23)26-12-18(22)14-4-8-16(20)9-5-14/h4-11,13,21H,3,12H2,1-2H3/t13-/m0/s1. The van der Waals surface area contributed by atoms with Crippen molar-refractivity contribution in [3.8, 4) is 0 Å². The van der Waals surface area contributed by atoms with Crippen LogP contribution in [0.1, 0.15) is 41.0 Å². The van der Waals surface area contributed by atoms with E-state index in [1.54, 1.807) is 31.2 Å². The number of halogens is 1. The van der Waals surface area contributed by atoms with Gasteiger partial charge < -0.3 is 4.74 Å². The largest absolute Gasteiger partial charge is 0.454 e. The van der Waals surface area contributed by atoms with E-state index in [4.69, 9.17) is 16.3 Å². The van der Waals surface area contributed by atoms with E-state index in [2.05, 4.69) is 4.72 Å². The summed E-state index contributed by atoms with van der Waals surface area (Å²) < 4.78 is 31.9. The van der Waals surface area contributed by atoms with E-state index in [0.717, 1.165) is 0 Å². The molecule has 0 saturated carbocycles. The molecule has 27 heavy (non-hydrogen) atoms. The van der Waals surface area contributed by atoms with Crippen molar-refractivity contribution < 1.29 is 22.7 Å². The summed E-state index contributed by atoms with van der Waals surface area (Å²) >= 11 is 5.76. The van der Waals surface area contributed by atoms with Gasteiger partial charge in [0.2, 0.25) is 10.0 Å². The lowest BCUT2D eigenvalue weighted by molar-refractivity contribution is 0.0474. The van der Waals surface area contributed by atoms with Crippen LogP contribution in [0.5, 0.6) is 0 Å². The Hall–Kier alpha value is -2.22. The van der Waals surface area contributed by atoms with E-state index in [0.29, 0.717) is 17.0 Å². The molecule has 1 N–H and O–H groups in total. The molecule has 144 valence electrons. The lowest BCUT2D eigenvalue weighted by atomic mass is 10.1. The third-order valence-corrected chi connectivity index (χ3v) is 5.73. The van der Waals surface area contributed by atoms with E-state index < -0.39 is 22.6 Å². The van der Waals surface area contributed by atoms with Gasteiger partial charge in [-0.05, 0) is 61.9 Å². The fourth-order valence-corrected chi connectivity index (χ4v) is 3.57. The topological polar surface area (TPSA) is 89.5 Å². The van der Waals surface area contributed by atoms with Crippen molar-refractivity contribution >= 4 is 33.4 Å². The summed E-state index contributed by atoms with van der Waals surface area (Å²) in [6, 6.07) is 11.4. The van der Waals surface area contributed by atoms with Gasteiger partial charge >= 0.3 is 5.97 Å². The molecule has 8 heteroatoms. The van der Waals surface area contributed by atoms with Gasteiger partial charge in [0.15, 0.2) is 12.4 Å². The average molecular weight is 410 g/mol. The van der Waals surface area contributed by atoms with Crippen LogP contribution in [-0.2, 0) is 14.8 Å². The summed E-state index contributed by atoms with van der Waals surface area (Å²) in [4.78, 5) is 24.1. The monoisotopic (exact) mass is 409 g/mol. The van der Waals surface area contributed by atoms with Crippen LogP contribution >= 0.6 is 11.6 Å². The molecule has 0 spiro atoms. The van der Waals surface area contributed by atoms with Gasteiger partial charge in [0.1, 0.15) is 0 Å². The summed E-state index contributed by atoms with van der Waals surface area (Å²) in [6.07, 6.45) is 0.658.